The van der Waals surface area contributed by atoms with Crippen LogP contribution in [-0.2, 0) is 9.05 Å². The van der Waals surface area contributed by atoms with Crippen LogP contribution >= 0.6 is 33.9 Å². The van der Waals surface area contributed by atoms with E-state index < -0.39 is 15.0 Å². The first-order chi connectivity index (χ1) is 9.29. The number of aromatic nitrogens is 3. The lowest BCUT2D eigenvalue weighted by atomic mass is 10.3. The summed E-state index contributed by atoms with van der Waals surface area (Å²) < 4.78 is 22.4. The molecule has 106 valence electrons. The van der Waals surface area contributed by atoms with Crippen LogP contribution in [0.2, 0.25) is 10.0 Å². The largest absolute Gasteiger partial charge is 0.318 e. The summed E-state index contributed by atoms with van der Waals surface area (Å²) >= 11 is 11.8. The van der Waals surface area contributed by atoms with Crippen molar-refractivity contribution in [2.24, 2.45) is 0 Å². The second-order valence-electron chi connectivity index (χ2n) is 3.51. The molecule has 1 heterocycles. The number of halogens is 3. The summed E-state index contributed by atoms with van der Waals surface area (Å²) in [6.07, 6.45) is 1.20. The molecule has 20 heavy (non-hydrogen) atoms. The third-order valence-corrected chi connectivity index (χ3v) is 4.11. The Labute approximate surface area is 127 Å². The number of anilines is 1. The van der Waals surface area contributed by atoms with Gasteiger partial charge in [0.25, 0.3) is 15.0 Å². The number of carbonyl (C=O) groups is 1. The van der Waals surface area contributed by atoms with Crippen LogP contribution in [0.4, 0.5) is 5.69 Å². The molecule has 1 amide bonds. The van der Waals surface area contributed by atoms with Crippen LogP contribution in [0.3, 0.4) is 0 Å². The van der Waals surface area contributed by atoms with Gasteiger partial charge >= 0.3 is 0 Å². The number of hydrogen-bond acceptors (Lipinski definition) is 5. The van der Waals surface area contributed by atoms with Crippen molar-refractivity contribution < 1.29 is 13.2 Å². The maximum atomic E-state index is 11.8. The van der Waals surface area contributed by atoms with Crippen molar-refractivity contribution in [3.63, 3.8) is 0 Å². The number of H-pyrrole nitrogens is 1. The lowest BCUT2D eigenvalue weighted by Gasteiger charge is -2.09. The van der Waals surface area contributed by atoms with Crippen LogP contribution < -0.4 is 5.32 Å². The van der Waals surface area contributed by atoms with Gasteiger partial charge < -0.3 is 5.32 Å². The second-order valence-corrected chi connectivity index (χ2v) is 6.89. The molecule has 7 nitrogen and oxygen atoms in total. The predicted molar refractivity (Wildman–Crippen MR) is 73.8 cm³/mol. The fourth-order valence-corrected chi connectivity index (χ4v) is 2.79. The Morgan fingerprint density at radius 1 is 1.25 bits per heavy atom. The number of nitrogens with zero attached hydrogens (tertiary/aromatic N) is 2. The monoisotopic (exact) mass is 354 g/mol. The lowest BCUT2D eigenvalue weighted by molar-refractivity contribution is 0.102. The summed E-state index contributed by atoms with van der Waals surface area (Å²) in [6.45, 7) is 0. The highest BCUT2D eigenvalue weighted by Gasteiger charge is 2.18. The van der Waals surface area contributed by atoms with Crippen LogP contribution in [0.25, 0.3) is 0 Å². The molecule has 2 aromatic rings. The number of rotatable bonds is 3. The highest BCUT2D eigenvalue weighted by Crippen LogP contribution is 2.34. The van der Waals surface area contributed by atoms with E-state index in [1.54, 1.807) is 0 Å². The van der Waals surface area contributed by atoms with Crippen molar-refractivity contribution in [1.29, 1.82) is 0 Å². The van der Waals surface area contributed by atoms with E-state index in [4.69, 9.17) is 33.9 Å². The van der Waals surface area contributed by atoms with Crippen LogP contribution in [0, 0.1) is 0 Å². The summed E-state index contributed by atoms with van der Waals surface area (Å²) in [7, 11) is 1.21. The first-order valence-corrected chi connectivity index (χ1v) is 7.96. The smallest absolute Gasteiger partial charge is 0.277 e. The van der Waals surface area contributed by atoms with Crippen molar-refractivity contribution in [3.8, 4) is 0 Å². The molecule has 0 aliphatic carbocycles. The van der Waals surface area contributed by atoms with Crippen LogP contribution in [0.5, 0.6) is 0 Å². The standard InChI is InChI=1S/C9H5Cl3N4O3S/c10-5-1-4(20(12,18)19)2-6(11)8(5)14-9(17)7-3-13-16-15-7/h1-3H,(H,14,17)(H,13,15,16). The highest BCUT2D eigenvalue weighted by atomic mass is 35.7. The number of hydrogen-bond donors (Lipinski definition) is 2. The Bertz CT molecular complexity index is 738. The van der Waals surface area contributed by atoms with E-state index in [0.29, 0.717) is 0 Å². The van der Waals surface area contributed by atoms with E-state index in [-0.39, 0.29) is 26.3 Å². The van der Waals surface area contributed by atoms with E-state index in [1.807, 2.05) is 0 Å². The minimum atomic E-state index is -3.97. The average Bonchev–Trinajstić information content (AvgIpc) is 2.85. The Kier molecular flexibility index (Phi) is 4.19. The molecule has 1 aromatic carbocycles. The van der Waals surface area contributed by atoms with Crippen molar-refractivity contribution in [2.75, 3.05) is 5.32 Å². The zero-order chi connectivity index (χ0) is 14.9. The SMILES string of the molecule is O=C(Nc1c(Cl)cc(S(=O)(=O)Cl)cc1Cl)c1cn[nH]n1. The van der Waals surface area contributed by atoms with Gasteiger partial charge in [-0.3, -0.25) is 4.79 Å². The topological polar surface area (TPSA) is 105 Å². The van der Waals surface area contributed by atoms with Crippen molar-refractivity contribution in [3.05, 3.63) is 34.1 Å². The van der Waals surface area contributed by atoms with Crippen molar-refractivity contribution >= 4 is 54.5 Å². The number of aromatic amines is 1. The normalized spacial score (nSPS) is 11.3. The average molecular weight is 356 g/mol. The van der Waals surface area contributed by atoms with E-state index in [0.717, 1.165) is 12.1 Å². The summed E-state index contributed by atoms with van der Waals surface area (Å²) in [5.41, 5.74) is 0.0663. The van der Waals surface area contributed by atoms with Crippen molar-refractivity contribution in [1.82, 2.24) is 15.4 Å². The maximum absolute atomic E-state index is 11.8. The first kappa shape index (κ1) is 15.0. The fraction of sp³-hybridized carbons (Fsp3) is 0. The Hall–Kier alpha value is -1.35. The molecular weight excluding hydrogens is 351 g/mol. The summed E-state index contributed by atoms with van der Waals surface area (Å²) in [5, 5.41) is 11.6. The predicted octanol–water partition coefficient (Wildman–Crippen LogP) is 2.29. The summed E-state index contributed by atoms with van der Waals surface area (Å²) in [5.74, 6) is -0.607. The summed E-state index contributed by atoms with van der Waals surface area (Å²) in [6, 6.07) is 2.16. The molecule has 2 rings (SSSR count). The maximum Gasteiger partial charge on any atom is 0.277 e. The molecule has 0 fully saturated rings. The molecule has 0 radical (unpaired) electrons. The molecule has 0 atom stereocenters. The minimum Gasteiger partial charge on any atom is -0.318 e. The van der Waals surface area contributed by atoms with E-state index in [9.17, 15) is 13.2 Å². The number of nitrogens with one attached hydrogen (secondary N) is 2. The van der Waals surface area contributed by atoms with E-state index in [1.165, 1.54) is 6.20 Å². The highest BCUT2D eigenvalue weighted by molar-refractivity contribution is 8.13. The summed E-state index contributed by atoms with van der Waals surface area (Å²) in [4.78, 5) is 11.5. The molecule has 1 aromatic heterocycles. The van der Waals surface area contributed by atoms with Crippen LogP contribution in [0.15, 0.2) is 23.2 Å². The Morgan fingerprint density at radius 3 is 2.30 bits per heavy atom. The zero-order valence-corrected chi connectivity index (χ0v) is 12.5. The molecule has 0 unspecified atom stereocenters. The Balaban J connectivity index is 2.37. The molecular formula is C9H5Cl3N4O3S. The van der Waals surface area contributed by atoms with Crippen LogP contribution in [-0.4, -0.2) is 29.7 Å². The van der Waals surface area contributed by atoms with Crippen molar-refractivity contribution in [2.45, 2.75) is 4.90 Å². The molecule has 0 aliphatic heterocycles. The fourth-order valence-electron chi connectivity index (χ4n) is 1.30. The molecule has 2 N–H and O–H groups in total. The molecule has 0 bridgehead atoms. The second kappa shape index (κ2) is 5.57. The molecule has 0 saturated carbocycles. The molecule has 11 heteroatoms. The van der Waals surface area contributed by atoms with Gasteiger partial charge in [0.2, 0.25) is 0 Å². The third kappa shape index (κ3) is 3.21. The quantitative estimate of drug-likeness (QED) is 0.822. The zero-order valence-electron chi connectivity index (χ0n) is 9.39. The van der Waals surface area contributed by atoms with E-state index >= 15 is 0 Å². The van der Waals surface area contributed by atoms with Gasteiger partial charge in [-0.15, -0.1) is 0 Å². The van der Waals surface area contributed by atoms with Gasteiger partial charge in [-0.05, 0) is 12.1 Å². The molecule has 0 aliphatic rings. The third-order valence-electron chi connectivity index (χ3n) is 2.18. The van der Waals surface area contributed by atoms with Gasteiger partial charge in [-0.2, -0.15) is 15.4 Å². The van der Waals surface area contributed by atoms with Gasteiger partial charge in [0, 0.05) is 10.7 Å². The number of amides is 1. The number of benzene rings is 1. The van der Waals surface area contributed by atoms with Gasteiger partial charge in [-0.25, -0.2) is 8.42 Å². The van der Waals surface area contributed by atoms with Gasteiger partial charge in [0.15, 0.2) is 5.69 Å². The Morgan fingerprint density at radius 2 is 1.85 bits per heavy atom. The van der Waals surface area contributed by atoms with Gasteiger partial charge in [-0.1, -0.05) is 23.2 Å². The minimum absolute atomic E-state index is 0.0196. The van der Waals surface area contributed by atoms with E-state index in [2.05, 4.69) is 20.7 Å². The van der Waals surface area contributed by atoms with Crippen LogP contribution in [0.1, 0.15) is 10.5 Å². The first-order valence-electron chi connectivity index (χ1n) is 4.90. The lowest BCUT2D eigenvalue weighted by Crippen LogP contribution is -2.13. The van der Waals surface area contributed by atoms with Gasteiger partial charge in [0.1, 0.15) is 0 Å². The number of carbonyl (C=O) groups excluding carboxylic acids is 1. The molecule has 0 saturated heterocycles. The molecule has 0 spiro atoms. The van der Waals surface area contributed by atoms with Gasteiger partial charge in [0.05, 0.1) is 26.8 Å².